The zero-order chi connectivity index (χ0) is 19.7. The third kappa shape index (κ3) is 3.77. The van der Waals surface area contributed by atoms with Crippen molar-refractivity contribution in [2.75, 3.05) is 6.54 Å². The Balaban J connectivity index is 1.70. The maximum Gasteiger partial charge on any atom is 0.271 e. The molecule has 1 N–H and O–H groups in total. The van der Waals surface area contributed by atoms with E-state index in [1.807, 2.05) is 32.4 Å². The molecule has 142 valence electrons. The minimum atomic E-state index is -0.299. The molecule has 2 heterocycles. The second-order valence-corrected chi connectivity index (χ2v) is 6.84. The summed E-state index contributed by atoms with van der Waals surface area (Å²) in [4.78, 5) is 12.5. The quantitative estimate of drug-likeness (QED) is 0.750. The molecule has 2 aromatic heterocycles. The van der Waals surface area contributed by atoms with Gasteiger partial charge in [0.2, 0.25) is 0 Å². The first kappa shape index (κ1) is 18.8. The van der Waals surface area contributed by atoms with Gasteiger partial charge in [0.15, 0.2) is 5.69 Å². The number of amides is 1. The molecule has 0 fully saturated rings. The molecule has 0 aliphatic rings. The summed E-state index contributed by atoms with van der Waals surface area (Å²) in [5.74, 6) is -0.545. The van der Waals surface area contributed by atoms with Crippen molar-refractivity contribution in [1.29, 1.82) is 0 Å². The number of nitrogens with zero attached hydrogens (tertiary/aromatic N) is 4. The van der Waals surface area contributed by atoms with Crippen LogP contribution in [0.2, 0.25) is 0 Å². The lowest BCUT2D eigenvalue weighted by atomic mass is 10.1. The predicted molar refractivity (Wildman–Crippen MR) is 102 cm³/mol. The lowest BCUT2D eigenvalue weighted by Crippen LogP contribution is -2.30. The summed E-state index contributed by atoms with van der Waals surface area (Å²) in [6.45, 7) is 8.52. The van der Waals surface area contributed by atoms with Crippen molar-refractivity contribution in [3.05, 3.63) is 58.8 Å². The van der Waals surface area contributed by atoms with Crippen molar-refractivity contribution >= 4 is 5.91 Å². The Labute approximate surface area is 158 Å². The van der Waals surface area contributed by atoms with E-state index >= 15 is 0 Å². The highest BCUT2D eigenvalue weighted by atomic mass is 19.1. The summed E-state index contributed by atoms with van der Waals surface area (Å²) >= 11 is 0. The van der Waals surface area contributed by atoms with E-state index in [0.29, 0.717) is 12.2 Å². The van der Waals surface area contributed by atoms with Gasteiger partial charge in [-0.3, -0.25) is 14.2 Å². The minimum Gasteiger partial charge on any atom is -0.349 e. The van der Waals surface area contributed by atoms with Crippen LogP contribution < -0.4 is 5.32 Å². The molecular weight excluding hydrogens is 345 g/mol. The maximum atomic E-state index is 13.1. The molecule has 3 aromatic rings. The SMILES string of the molecule is Cc1nn([C@H](C)CNC(=O)c2cc(-c3ccc(F)cc3)n(C)n2)c(C)c1C. The molecule has 1 atom stereocenters. The van der Waals surface area contributed by atoms with Crippen molar-refractivity contribution in [2.45, 2.75) is 33.7 Å². The summed E-state index contributed by atoms with van der Waals surface area (Å²) in [6, 6.07) is 7.85. The molecule has 6 nitrogen and oxygen atoms in total. The standard InChI is InChI=1S/C20H24FN5O/c1-12(26-15(4)13(2)14(3)23-26)11-22-20(27)18-10-19(25(5)24-18)16-6-8-17(21)9-7-16/h6-10,12H,11H2,1-5H3,(H,22,27)/t12-/m1/s1. The summed E-state index contributed by atoms with van der Waals surface area (Å²) in [6.07, 6.45) is 0. The summed E-state index contributed by atoms with van der Waals surface area (Å²) in [5, 5.41) is 11.7. The average molecular weight is 369 g/mol. The number of carbonyl (C=O) groups excluding carboxylic acids is 1. The van der Waals surface area contributed by atoms with Gasteiger partial charge in [-0.05, 0) is 69.2 Å². The normalized spacial score (nSPS) is 12.2. The molecule has 0 radical (unpaired) electrons. The third-order valence-corrected chi connectivity index (χ3v) is 4.91. The van der Waals surface area contributed by atoms with E-state index in [-0.39, 0.29) is 17.8 Å². The molecule has 1 amide bonds. The van der Waals surface area contributed by atoms with Crippen LogP contribution in [0.25, 0.3) is 11.3 Å². The van der Waals surface area contributed by atoms with Gasteiger partial charge in [0.1, 0.15) is 5.82 Å². The Bertz CT molecular complexity index is 971. The molecule has 0 aliphatic carbocycles. The highest BCUT2D eigenvalue weighted by molar-refractivity contribution is 5.93. The van der Waals surface area contributed by atoms with E-state index in [1.54, 1.807) is 29.9 Å². The van der Waals surface area contributed by atoms with Crippen molar-refractivity contribution in [3.8, 4) is 11.3 Å². The van der Waals surface area contributed by atoms with Gasteiger partial charge in [-0.25, -0.2) is 4.39 Å². The fraction of sp³-hybridized carbons (Fsp3) is 0.350. The van der Waals surface area contributed by atoms with Crippen molar-refractivity contribution in [3.63, 3.8) is 0 Å². The number of aryl methyl sites for hydroxylation is 2. The number of aromatic nitrogens is 4. The molecule has 7 heteroatoms. The van der Waals surface area contributed by atoms with Crippen LogP contribution in [0, 0.1) is 26.6 Å². The van der Waals surface area contributed by atoms with Crippen molar-refractivity contribution in [1.82, 2.24) is 24.9 Å². The Morgan fingerprint density at radius 1 is 1.19 bits per heavy atom. The van der Waals surface area contributed by atoms with E-state index in [9.17, 15) is 9.18 Å². The molecule has 0 saturated heterocycles. The first-order valence-corrected chi connectivity index (χ1v) is 8.88. The molecular formula is C20H24FN5O. The second-order valence-electron chi connectivity index (χ2n) is 6.84. The Kier molecular flexibility index (Phi) is 5.12. The van der Waals surface area contributed by atoms with Crippen LogP contribution in [0.1, 0.15) is 40.4 Å². The van der Waals surface area contributed by atoms with Gasteiger partial charge in [0.05, 0.1) is 17.4 Å². The van der Waals surface area contributed by atoms with Crippen molar-refractivity contribution < 1.29 is 9.18 Å². The van der Waals surface area contributed by atoms with Gasteiger partial charge in [0, 0.05) is 19.3 Å². The van der Waals surface area contributed by atoms with Gasteiger partial charge < -0.3 is 5.32 Å². The second kappa shape index (κ2) is 7.34. The lowest BCUT2D eigenvalue weighted by Gasteiger charge is -2.15. The largest absolute Gasteiger partial charge is 0.349 e. The fourth-order valence-electron chi connectivity index (χ4n) is 3.06. The van der Waals surface area contributed by atoms with Crippen LogP contribution in [0.5, 0.6) is 0 Å². The first-order chi connectivity index (χ1) is 12.8. The monoisotopic (exact) mass is 369 g/mol. The summed E-state index contributed by atoms with van der Waals surface area (Å²) < 4.78 is 16.7. The van der Waals surface area contributed by atoms with Crippen LogP contribution in [0.15, 0.2) is 30.3 Å². The number of hydrogen-bond acceptors (Lipinski definition) is 3. The Hall–Kier alpha value is -2.96. The zero-order valence-electron chi connectivity index (χ0n) is 16.2. The van der Waals surface area contributed by atoms with E-state index < -0.39 is 0 Å². The van der Waals surface area contributed by atoms with E-state index in [0.717, 1.165) is 22.6 Å². The number of rotatable bonds is 5. The molecule has 0 bridgehead atoms. The van der Waals surface area contributed by atoms with E-state index in [2.05, 4.69) is 15.5 Å². The van der Waals surface area contributed by atoms with Crippen LogP contribution in [-0.4, -0.2) is 32.0 Å². The van der Waals surface area contributed by atoms with Crippen LogP contribution >= 0.6 is 0 Å². The molecule has 0 saturated carbocycles. The fourth-order valence-corrected chi connectivity index (χ4v) is 3.06. The maximum absolute atomic E-state index is 13.1. The predicted octanol–water partition coefficient (Wildman–Crippen LogP) is 3.34. The molecule has 27 heavy (non-hydrogen) atoms. The Morgan fingerprint density at radius 3 is 2.44 bits per heavy atom. The van der Waals surface area contributed by atoms with Crippen LogP contribution in [0.3, 0.4) is 0 Å². The number of nitrogens with one attached hydrogen (secondary N) is 1. The topological polar surface area (TPSA) is 64.7 Å². The highest BCUT2D eigenvalue weighted by Crippen LogP contribution is 2.20. The summed E-state index contributed by atoms with van der Waals surface area (Å²) in [5.41, 5.74) is 5.15. The average Bonchev–Trinajstić information content (AvgIpc) is 3.15. The zero-order valence-corrected chi connectivity index (χ0v) is 16.2. The van der Waals surface area contributed by atoms with Gasteiger partial charge in [0.25, 0.3) is 5.91 Å². The molecule has 0 aliphatic heterocycles. The molecule has 1 aromatic carbocycles. The first-order valence-electron chi connectivity index (χ1n) is 8.88. The third-order valence-electron chi connectivity index (χ3n) is 4.91. The van der Waals surface area contributed by atoms with Crippen LogP contribution in [0.4, 0.5) is 4.39 Å². The number of halogens is 1. The van der Waals surface area contributed by atoms with E-state index in [1.165, 1.54) is 17.7 Å². The lowest BCUT2D eigenvalue weighted by molar-refractivity contribution is 0.0942. The number of hydrogen-bond donors (Lipinski definition) is 1. The van der Waals surface area contributed by atoms with Crippen molar-refractivity contribution in [2.24, 2.45) is 7.05 Å². The van der Waals surface area contributed by atoms with E-state index in [4.69, 9.17) is 0 Å². The van der Waals surface area contributed by atoms with Gasteiger partial charge in [-0.1, -0.05) is 0 Å². The van der Waals surface area contributed by atoms with Gasteiger partial charge in [-0.15, -0.1) is 0 Å². The van der Waals surface area contributed by atoms with Crippen LogP contribution in [-0.2, 0) is 7.05 Å². The van der Waals surface area contributed by atoms with Gasteiger partial charge >= 0.3 is 0 Å². The number of benzene rings is 1. The minimum absolute atomic E-state index is 0.0293. The smallest absolute Gasteiger partial charge is 0.271 e. The number of carbonyl (C=O) groups is 1. The molecule has 0 spiro atoms. The summed E-state index contributed by atoms with van der Waals surface area (Å²) in [7, 11) is 1.76. The highest BCUT2D eigenvalue weighted by Gasteiger charge is 2.17. The van der Waals surface area contributed by atoms with Gasteiger partial charge in [-0.2, -0.15) is 10.2 Å². The molecule has 3 rings (SSSR count). The Morgan fingerprint density at radius 2 is 1.85 bits per heavy atom. The molecule has 0 unspecified atom stereocenters.